The third-order valence-electron chi connectivity index (χ3n) is 6.18. The third-order valence-corrected chi connectivity index (χ3v) is 6.18. The molecule has 0 N–H and O–H groups in total. The van der Waals surface area contributed by atoms with Crippen molar-refractivity contribution in [3.8, 4) is 0 Å². The van der Waals surface area contributed by atoms with E-state index in [0.717, 1.165) is 29.9 Å². The summed E-state index contributed by atoms with van der Waals surface area (Å²) in [5, 5.41) is 0. The van der Waals surface area contributed by atoms with E-state index >= 15 is 0 Å². The zero-order chi connectivity index (χ0) is 13.7. The van der Waals surface area contributed by atoms with Crippen LogP contribution < -0.4 is 0 Å². The van der Waals surface area contributed by atoms with Gasteiger partial charge in [0.2, 0.25) is 0 Å². The van der Waals surface area contributed by atoms with Crippen LogP contribution in [0.3, 0.4) is 0 Å². The highest BCUT2D eigenvalue weighted by atomic mass is 19.1. The van der Waals surface area contributed by atoms with E-state index in [-0.39, 0.29) is 5.82 Å². The summed E-state index contributed by atoms with van der Waals surface area (Å²) in [5.74, 6) is 2.79. The van der Waals surface area contributed by atoms with Crippen LogP contribution in [0.15, 0.2) is 24.3 Å². The summed E-state index contributed by atoms with van der Waals surface area (Å²) < 4.78 is 13.9. The van der Waals surface area contributed by atoms with E-state index < -0.39 is 0 Å². The lowest BCUT2D eigenvalue weighted by atomic mass is 9.52. The van der Waals surface area contributed by atoms with Crippen molar-refractivity contribution < 1.29 is 4.39 Å². The minimum absolute atomic E-state index is 0.0518. The van der Waals surface area contributed by atoms with E-state index in [2.05, 4.69) is 11.9 Å². The molecule has 4 aliphatic carbocycles. The lowest BCUT2D eigenvalue weighted by molar-refractivity contribution is -0.0824. The van der Waals surface area contributed by atoms with Crippen LogP contribution in [0.2, 0.25) is 0 Å². The maximum atomic E-state index is 13.9. The van der Waals surface area contributed by atoms with Gasteiger partial charge in [-0.1, -0.05) is 18.2 Å². The first-order valence-electron chi connectivity index (χ1n) is 8.09. The lowest BCUT2D eigenvalue weighted by Gasteiger charge is -2.60. The molecule has 1 aromatic carbocycles. The van der Waals surface area contributed by atoms with Gasteiger partial charge in [-0.2, -0.15) is 0 Å². The fourth-order valence-corrected chi connectivity index (χ4v) is 5.58. The predicted octanol–water partition coefficient (Wildman–Crippen LogP) is 4.23. The molecule has 2 heteroatoms. The van der Waals surface area contributed by atoms with Gasteiger partial charge in [0.05, 0.1) is 0 Å². The molecule has 0 amide bonds. The monoisotopic (exact) mass is 273 g/mol. The molecule has 0 heterocycles. The molecule has 108 valence electrons. The molecule has 1 nitrogen and oxygen atoms in total. The smallest absolute Gasteiger partial charge is 0.127 e. The Hall–Kier alpha value is -0.890. The fraction of sp³-hybridized carbons (Fsp3) is 0.667. The van der Waals surface area contributed by atoms with Crippen molar-refractivity contribution in [1.29, 1.82) is 0 Å². The van der Waals surface area contributed by atoms with E-state index in [0.29, 0.717) is 5.54 Å². The second-order valence-electron chi connectivity index (χ2n) is 7.59. The lowest BCUT2D eigenvalue weighted by Crippen LogP contribution is -2.58. The predicted molar refractivity (Wildman–Crippen MR) is 78.8 cm³/mol. The first-order chi connectivity index (χ1) is 9.64. The molecule has 0 aromatic heterocycles. The molecule has 0 spiro atoms. The van der Waals surface area contributed by atoms with Crippen LogP contribution >= 0.6 is 0 Å². The Bertz CT molecular complexity index is 475. The standard InChI is InChI=1S/C18H24FN/c1-20(12-16-4-2-3-5-17(16)19)18-9-13-6-14(10-18)8-15(7-13)11-18/h2-5,13-15H,6-12H2,1H3. The molecule has 20 heavy (non-hydrogen) atoms. The van der Waals surface area contributed by atoms with E-state index in [1.54, 1.807) is 12.1 Å². The van der Waals surface area contributed by atoms with Gasteiger partial charge in [0.1, 0.15) is 5.82 Å². The van der Waals surface area contributed by atoms with Crippen LogP contribution in [-0.4, -0.2) is 17.5 Å². The molecule has 0 radical (unpaired) electrons. The normalized spacial score (nSPS) is 38.6. The van der Waals surface area contributed by atoms with Gasteiger partial charge in [-0.25, -0.2) is 4.39 Å². The quantitative estimate of drug-likeness (QED) is 0.796. The van der Waals surface area contributed by atoms with Crippen LogP contribution in [-0.2, 0) is 6.54 Å². The Kier molecular flexibility index (Phi) is 2.92. The number of hydrogen-bond donors (Lipinski definition) is 0. The van der Waals surface area contributed by atoms with Gasteiger partial charge < -0.3 is 0 Å². The van der Waals surface area contributed by atoms with Crippen molar-refractivity contribution in [1.82, 2.24) is 4.90 Å². The van der Waals surface area contributed by atoms with E-state index in [1.807, 2.05) is 12.1 Å². The average molecular weight is 273 g/mol. The Morgan fingerprint density at radius 3 is 2.15 bits per heavy atom. The van der Waals surface area contributed by atoms with Crippen molar-refractivity contribution in [2.75, 3.05) is 7.05 Å². The van der Waals surface area contributed by atoms with Gasteiger partial charge in [-0.15, -0.1) is 0 Å². The van der Waals surface area contributed by atoms with Gasteiger partial charge in [-0.05, 0) is 69.4 Å². The minimum Gasteiger partial charge on any atom is -0.296 e. The molecule has 0 unspecified atom stereocenters. The van der Waals surface area contributed by atoms with Crippen LogP contribution in [0.25, 0.3) is 0 Å². The second-order valence-corrected chi connectivity index (χ2v) is 7.59. The molecule has 4 fully saturated rings. The first kappa shape index (κ1) is 12.8. The molecule has 5 rings (SSSR count). The number of hydrogen-bond acceptors (Lipinski definition) is 1. The minimum atomic E-state index is -0.0518. The van der Waals surface area contributed by atoms with Crippen molar-refractivity contribution in [2.24, 2.45) is 17.8 Å². The highest BCUT2D eigenvalue weighted by molar-refractivity contribution is 5.18. The average Bonchev–Trinajstić information content (AvgIpc) is 2.40. The largest absolute Gasteiger partial charge is 0.296 e. The van der Waals surface area contributed by atoms with Crippen molar-refractivity contribution >= 4 is 0 Å². The van der Waals surface area contributed by atoms with Crippen LogP contribution in [0.4, 0.5) is 4.39 Å². The summed E-state index contributed by atoms with van der Waals surface area (Å²) in [4.78, 5) is 2.48. The van der Waals surface area contributed by atoms with Gasteiger partial charge in [0.25, 0.3) is 0 Å². The molecule has 4 saturated carbocycles. The fourth-order valence-electron chi connectivity index (χ4n) is 5.58. The van der Waals surface area contributed by atoms with Crippen molar-refractivity contribution in [3.05, 3.63) is 35.6 Å². The highest BCUT2D eigenvalue weighted by Crippen LogP contribution is 2.57. The number of nitrogens with zero attached hydrogens (tertiary/aromatic N) is 1. The topological polar surface area (TPSA) is 3.24 Å². The maximum Gasteiger partial charge on any atom is 0.127 e. The van der Waals surface area contributed by atoms with Crippen molar-refractivity contribution in [3.63, 3.8) is 0 Å². The van der Waals surface area contributed by atoms with Gasteiger partial charge in [0.15, 0.2) is 0 Å². The van der Waals surface area contributed by atoms with Gasteiger partial charge in [-0.3, -0.25) is 4.90 Å². The SMILES string of the molecule is CN(Cc1ccccc1F)C12CC3CC(CC(C3)C1)C2. The first-order valence-corrected chi connectivity index (χ1v) is 8.09. The summed E-state index contributed by atoms with van der Waals surface area (Å²) in [6.07, 6.45) is 8.45. The molecular weight excluding hydrogens is 249 g/mol. The molecule has 4 aliphatic rings. The summed E-state index contributed by atoms with van der Waals surface area (Å²) in [5.41, 5.74) is 1.22. The molecule has 1 aromatic rings. The zero-order valence-electron chi connectivity index (χ0n) is 12.3. The second kappa shape index (κ2) is 4.56. The molecule has 0 saturated heterocycles. The van der Waals surface area contributed by atoms with E-state index in [1.165, 1.54) is 38.5 Å². The van der Waals surface area contributed by atoms with Crippen LogP contribution in [0, 0.1) is 23.6 Å². The Balaban J connectivity index is 1.56. The number of benzene rings is 1. The zero-order valence-corrected chi connectivity index (χ0v) is 12.3. The van der Waals surface area contributed by atoms with E-state index in [9.17, 15) is 4.39 Å². The number of halogens is 1. The third kappa shape index (κ3) is 2.00. The van der Waals surface area contributed by atoms with Crippen LogP contribution in [0.5, 0.6) is 0 Å². The van der Waals surface area contributed by atoms with Crippen molar-refractivity contribution in [2.45, 2.75) is 50.6 Å². The Labute approximate surface area is 121 Å². The highest BCUT2D eigenvalue weighted by Gasteiger charge is 2.52. The summed E-state index contributed by atoms with van der Waals surface area (Å²) in [6.45, 7) is 0.763. The summed E-state index contributed by atoms with van der Waals surface area (Å²) in [7, 11) is 2.22. The Morgan fingerprint density at radius 2 is 1.60 bits per heavy atom. The molecule has 0 aliphatic heterocycles. The maximum absolute atomic E-state index is 13.9. The molecule has 4 bridgehead atoms. The van der Waals surface area contributed by atoms with Crippen LogP contribution in [0.1, 0.15) is 44.1 Å². The summed E-state index contributed by atoms with van der Waals surface area (Å²) in [6, 6.07) is 7.25. The Morgan fingerprint density at radius 1 is 1.05 bits per heavy atom. The number of rotatable bonds is 3. The van der Waals surface area contributed by atoms with Gasteiger partial charge >= 0.3 is 0 Å². The van der Waals surface area contributed by atoms with E-state index in [4.69, 9.17) is 0 Å². The molecule has 0 atom stereocenters. The van der Waals surface area contributed by atoms with Gasteiger partial charge in [0, 0.05) is 17.6 Å². The molecular formula is C18H24FN. The summed E-state index contributed by atoms with van der Waals surface area (Å²) >= 11 is 0.